The first kappa shape index (κ1) is 14.9. The lowest BCUT2D eigenvalue weighted by Crippen LogP contribution is -2.19. The maximum Gasteiger partial charge on any atom is 0.123 e. The van der Waals surface area contributed by atoms with Crippen molar-refractivity contribution in [3.63, 3.8) is 0 Å². The van der Waals surface area contributed by atoms with E-state index in [9.17, 15) is 4.39 Å². The predicted molar refractivity (Wildman–Crippen MR) is 80.1 cm³/mol. The number of nitrogens with one attached hydrogen (secondary N) is 1. The van der Waals surface area contributed by atoms with E-state index in [1.165, 1.54) is 12.1 Å². The number of hydrogen-bond acceptors (Lipinski definition) is 3. The summed E-state index contributed by atoms with van der Waals surface area (Å²) in [4.78, 5) is 4.35. The molecule has 2 aromatic rings. The zero-order valence-corrected chi connectivity index (χ0v) is 12.9. The van der Waals surface area contributed by atoms with Gasteiger partial charge in [0.15, 0.2) is 0 Å². The van der Waals surface area contributed by atoms with E-state index in [0.29, 0.717) is 12.3 Å². The van der Waals surface area contributed by atoms with E-state index in [1.807, 2.05) is 25.1 Å². The Hall–Kier alpha value is -1.46. The molecule has 106 valence electrons. The van der Waals surface area contributed by atoms with Gasteiger partial charge in [0.05, 0.1) is 12.8 Å². The summed E-state index contributed by atoms with van der Waals surface area (Å²) < 4.78 is 19.4. The van der Waals surface area contributed by atoms with Gasteiger partial charge in [-0.05, 0) is 53.2 Å². The van der Waals surface area contributed by atoms with Crippen LogP contribution >= 0.6 is 15.9 Å². The molecular formula is C15H16BrFN2O. The highest BCUT2D eigenvalue weighted by Crippen LogP contribution is 2.26. The monoisotopic (exact) mass is 338 g/mol. The summed E-state index contributed by atoms with van der Waals surface area (Å²) in [5, 5.41) is 3.31. The maximum atomic E-state index is 13.4. The predicted octanol–water partition coefficient (Wildman–Crippen LogP) is 3.84. The molecule has 1 unspecified atom stereocenters. The minimum atomic E-state index is -0.268. The Morgan fingerprint density at radius 2 is 2.15 bits per heavy atom. The summed E-state index contributed by atoms with van der Waals surface area (Å²) in [6.45, 7) is 2.57. The minimum Gasteiger partial charge on any atom is -0.496 e. The van der Waals surface area contributed by atoms with E-state index < -0.39 is 0 Å². The van der Waals surface area contributed by atoms with Crippen LogP contribution in [0, 0.1) is 5.82 Å². The molecule has 1 N–H and O–H groups in total. The van der Waals surface area contributed by atoms with Crippen LogP contribution in [-0.2, 0) is 6.54 Å². The van der Waals surface area contributed by atoms with Crippen LogP contribution in [0.3, 0.4) is 0 Å². The number of halogens is 2. The third-order valence-electron chi connectivity index (χ3n) is 3.02. The first-order chi connectivity index (χ1) is 9.60. The summed E-state index contributed by atoms with van der Waals surface area (Å²) in [6.07, 6.45) is 0. The van der Waals surface area contributed by atoms with Crippen LogP contribution in [0.25, 0.3) is 0 Å². The number of methoxy groups -OCH3 is 1. The van der Waals surface area contributed by atoms with Crippen molar-refractivity contribution in [1.82, 2.24) is 10.3 Å². The number of hydrogen-bond donors (Lipinski definition) is 1. The van der Waals surface area contributed by atoms with Crippen molar-refractivity contribution in [3.8, 4) is 5.75 Å². The first-order valence-electron chi connectivity index (χ1n) is 6.28. The van der Waals surface area contributed by atoms with E-state index in [1.54, 1.807) is 13.2 Å². The number of ether oxygens (including phenoxy) is 1. The molecule has 1 heterocycles. The zero-order valence-electron chi connectivity index (χ0n) is 11.4. The van der Waals surface area contributed by atoms with Crippen LogP contribution in [0.1, 0.15) is 24.2 Å². The fourth-order valence-corrected chi connectivity index (χ4v) is 2.34. The van der Waals surface area contributed by atoms with Gasteiger partial charge in [-0.3, -0.25) is 0 Å². The van der Waals surface area contributed by atoms with Crippen LogP contribution in [0.5, 0.6) is 5.75 Å². The molecule has 1 aromatic carbocycles. The number of pyridine rings is 1. The van der Waals surface area contributed by atoms with Crippen molar-refractivity contribution in [3.05, 3.63) is 58.1 Å². The van der Waals surface area contributed by atoms with Crippen LogP contribution in [0.15, 0.2) is 41.0 Å². The second-order valence-electron chi connectivity index (χ2n) is 4.44. The van der Waals surface area contributed by atoms with Crippen LogP contribution < -0.4 is 10.1 Å². The van der Waals surface area contributed by atoms with E-state index in [0.717, 1.165) is 15.9 Å². The third-order valence-corrected chi connectivity index (χ3v) is 3.46. The topological polar surface area (TPSA) is 34.1 Å². The number of rotatable bonds is 5. The highest BCUT2D eigenvalue weighted by molar-refractivity contribution is 9.10. The highest BCUT2D eigenvalue weighted by atomic mass is 79.9. The van der Waals surface area contributed by atoms with Crippen molar-refractivity contribution < 1.29 is 9.13 Å². The summed E-state index contributed by atoms with van der Waals surface area (Å²) in [6, 6.07) is 10.2. The summed E-state index contributed by atoms with van der Waals surface area (Å²) >= 11 is 3.34. The summed E-state index contributed by atoms with van der Waals surface area (Å²) in [7, 11) is 1.58. The van der Waals surface area contributed by atoms with Gasteiger partial charge in [-0.15, -0.1) is 0 Å². The van der Waals surface area contributed by atoms with Gasteiger partial charge < -0.3 is 10.1 Å². The molecule has 1 atom stereocenters. The Morgan fingerprint density at radius 3 is 2.85 bits per heavy atom. The van der Waals surface area contributed by atoms with E-state index in [-0.39, 0.29) is 11.9 Å². The molecular weight excluding hydrogens is 323 g/mol. The molecule has 2 rings (SSSR count). The van der Waals surface area contributed by atoms with Gasteiger partial charge >= 0.3 is 0 Å². The van der Waals surface area contributed by atoms with Gasteiger partial charge in [0.2, 0.25) is 0 Å². The Morgan fingerprint density at radius 1 is 1.35 bits per heavy atom. The second-order valence-corrected chi connectivity index (χ2v) is 5.25. The van der Waals surface area contributed by atoms with Gasteiger partial charge in [-0.1, -0.05) is 6.07 Å². The molecule has 5 heteroatoms. The SMILES string of the molecule is COc1ccc(F)cc1C(C)NCc1cccc(Br)n1. The standard InChI is InChI=1S/C15H16BrFN2O/c1-10(13-8-11(17)6-7-14(13)20-2)18-9-12-4-3-5-15(16)19-12/h3-8,10,18H,9H2,1-2H3. The van der Waals surface area contributed by atoms with Crippen LogP contribution in [-0.4, -0.2) is 12.1 Å². The highest BCUT2D eigenvalue weighted by Gasteiger charge is 2.12. The van der Waals surface area contributed by atoms with Gasteiger partial charge in [0, 0.05) is 18.2 Å². The molecule has 3 nitrogen and oxygen atoms in total. The lowest BCUT2D eigenvalue weighted by atomic mass is 10.1. The smallest absolute Gasteiger partial charge is 0.123 e. The molecule has 0 aliphatic carbocycles. The first-order valence-corrected chi connectivity index (χ1v) is 7.07. The fourth-order valence-electron chi connectivity index (χ4n) is 1.96. The molecule has 0 saturated heterocycles. The van der Waals surface area contributed by atoms with Crippen LogP contribution in [0.2, 0.25) is 0 Å². The molecule has 0 aliphatic rings. The lowest BCUT2D eigenvalue weighted by Gasteiger charge is -2.17. The fraction of sp³-hybridized carbons (Fsp3) is 0.267. The molecule has 20 heavy (non-hydrogen) atoms. The van der Waals surface area contributed by atoms with Gasteiger partial charge in [-0.2, -0.15) is 0 Å². The van der Waals surface area contributed by atoms with Crippen molar-refractivity contribution in [2.75, 3.05) is 7.11 Å². The zero-order chi connectivity index (χ0) is 14.5. The molecule has 0 bridgehead atoms. The largest absolute Gasteiger partial charge is 0.496 e. The molecule has 1 aromatic heterocycles. The van der Waals surface area contributed by atoms with Crippen molar-refractivity contribution >= 4 is 15.9 Å². The molecule has 0 spiro atoms. The normalized spacial score (nSPS) is 12.2. The van der Waals surface area contributed by atoms with E-state index in [2.05, 4.69) is 26.2 Å². The van der Waals surface area contributed by atoms with E-state index >= 15 is 0 Å². The summed E-state index contributed by atoms with van der Waals surface area (Å²) in [5.74, 6) is 0.406. The summed E-state index contributed by atoms with van der Waals surface area (Å²) in [5.41, 5.74) is 1.71. The van der Waals surface area contributed by atoms with Crippen molar-refractivity contribution in [2.45, 2.75) is 19.5 Å². The van der Waals surface area contributed by atoms with E-state index in [4.69, 9.17) is 4.74 Å². The Balaban J connectivity index is 2.08. The maximum absolute atomic E-state index is 13.4. The van der Waals surface area contributed by atoms with Gasteiger partial charge in [-0.25, -0.2) is 9.37 Å². The quantitative estimate of drug-likeness (QED) is 0.841. The average Bonchev–Trinajstić information content (AvgIpc) is 2.45. The van der Waals surface area contributed by atoms with Gasteiger partial charge in [0.25, 0.3) is 0 Å². The molecule has 0 fully saturated rings. The Kier molecular flexibility index (Phi) is 5.09. The third kappa shape index (κ3) is 3.77. The molecule has 0 aliphatic heterocycles. The molecule has 0 radical (unpaired) electrons. The molecule has 0 amide bonds. The molecule has 0 saturated carbocycles. The Bertz CT molecular complexity index is 592. The van der Waals surface area contributed by atoms with Crippen molar-refractivity contribution in [1.29, 1.82) is 0 Å². The van der Waals surface area contributed by atoms with Crippen molar-refractivity contribution in [2.24, 2.45) is 0 Å². The Labute approximate surface area is 126 Å². The minimum absolute atomic E-state index is 0.0403. The lowest BCUT2D eigenvalue weighted by molar-refractivity contribution is 0.399. The number of benzene rings is 1. The number of aromatic nitrogens is 1. The average molecular weight is 339 g/mol. The number of nitrogens with zero attached hydrogens (tertiary/aromatic N) is 1. The second kappa shape index (κ2) is 6.81. The van der Waals surface area contributed by atoms with Crippen LogP contribution in [0.4, 0.5) is 4.39 Å². The van der Waals surface area contributed by atoms with Gasteiger partial charge in [0.1, 0.15) is 16.2 Å².